The second-order valence-electron chi connectivity index (χ2n) is 6.22. The van der Waals surface area contributed by atoms with Crippen molar-refractivity contribution < 1.29 is 14.1 Å². The molecule has 0 saturated carbocycles. The summed E-state index contributed by atoms with van der Waals surface area (Å²) in [4.78, 5) is 24.6. The van der Waals surface area contributed by atoms with Crippen LogP contribution in [-0.4, -0.2) is 23.0 Å². The maximum atomic E-state index is 12.4. The number of para-hydroxylation sites is 1. The lowest BCUT2D eigenvalue weighted by molar-refractivity contribution is -0.118. The minimum Gasteiger partial charge on any atom is -0.360 e. The van der Waals surface area contributed by atoms with Crippen LogP contribution in [0.15, 0.2) is 65.2 Å². The number of hydrogen-bond acceptors (Lipinski definition) is 4. The molecular weight excluding hydrogens is 330 g/mol. The first-order valence-electron chi connectivity index (χ1n) is 8.38. The maximum absolute atomic E-state index is 12.4. The van der Waals surface area contributed by atoms with Crippen LogP contribution in [0.25, 0.3) is 0 Å². The Morgan fingerprint density at radius 1 is 1.15 bits per heavy atom. The number of rotatable bonds is 4. The molecular formula is C20H17N3O3. The molecule has 2 N–H and O–H groups in total. The fourth-order valence-corrected chi connectivity index (χ4v) is 3.00. The van der Waals surface area contributed by atoms with Crippen molar-refractivity contribution >= 4 is 17.5 Å². The van der Waals surface area contributed by atoms with E-state index in [2.05, 4.69) is 15.8 Å². The van der Waals surface area contributed by atoms with E-state index in [4.69, 9.17) is 4.52 Å². The molecule has 1 aromatic heterocycles. The van der Waals surface area contributed by atoms with Gasteiger partial charge in [-0.3, -0.25) is 9.59 Å². The molecule has 4 rings (SSSR count). The first-order valence-corrected chi connectivity index (χ1v) is 8.38. The molecule has 2 aromatic carbocycles. The van der Waals surface area contributed by atoms with Crippen molar-refractivity contribution in [2.45, 2.75) is 18.9 Å². The summed E-state index contributed by atoms with van der Waals surface area (Å²) in [6.07, 6.45) is 1.00. The highest BCUT2D eigenvalue weighted by Gasteiger charge is 2.28. The van der Waals surface area contributed by atoms with Crippen LogP contribution < -0.4 is 10.6 Å². The zero-order valence-corrected chi connectivity index (χ0v) is 13.9. The van der Waals surface area contributed by atoms with Crippen molar-refractivity contribution in [3.05, 3.63) is 83.2 Å². The number of carbonyl (C=O) groups is 2. The smallest absolute Gasteiger partial charge is 0.274 e. The van der Waals surface area contributed by atoms with E-state index in [1.54, 1.807) is 6.07 Å². The van der Waals surface area contributed by atoms with Crippen LogP contribution in [-0.2, 0) is 17.6 Å². The lowest BCUT2D eigenvalue weighted by Gasteiger charge is -2.24. The van der Waals surface area contributed by atoms with E-state index in [0.29, 0.717) is 18.6 Å². The van der Waals surface area contributed by atoms with E-state index < -0.39 is 11.9 Å². The largest absolute Gasteiger partial charge is 0.360 e. The standard InChI is InChI=1S/C20H17N3O3/c24-19-17(11-14-8-4-5-9-16(14)21-19)22-20(25)18-12-15(26-23-18)10-13-6-2-1-3-7-13/h1-9,12,17H,10-11H2,(H,21,24)(H,22,25). The molecule has 0 spiro atoms. The van der Waals surface area contributed by atoms with Gasteiger partial charge in [-0.2, -0.15) is 0 Å². The van der Waals surface area contributed by atoms with Gasteiger partial charge in [0.1, 0.15) is 11.8 Å². The monoisotopic (exact) mass is 347 g/mol. The van der Waals surface area contributed by atoms with Crippen LogP contribution >= 0.6 is 0 Å². The molecule has 2 amide bonds. The van der Waals surface area contributed by atoms with Crippen molar-refractivity contribution in [1.29, 1.82) is 0 Å². The van der Waals surface area contributed by atoms with Crippen LogP contribution in [0.2, 0.25) is 0 Å². The number of anilines is 1. The minimum atomic E-state index is -0.633. The van der Waals surface area contributed by atoms with Gasteiger partial charge in [-0.05, 0) is 17.2 Å². The molecule has 2 heterocycles. The van der Waals surface area contributed by atoms with Crippen molar-refractivity contribution in [2.24, 2.45) is 0 Å². The van der Waals surface area contributed by atoms with Gasteiger partial charge in [-0.15, -0.1) is 0 Å². The van der Waals surface area contributed by atoms with Crippen molar-refractivity contribution in [2.75, 3.05) is 5.32 Å². The highest BCUT2D eigenvalue weighted by molar-refractivity contribution is 6.02. The summed E-state index contributed by atoms with van der Waals surface area (Å²) in [5.41, 5.74) is 3.01. The third kappa shape index (κ3) is 3.35. The van der Waals surface area contributed by atoms with E-state index in [1.165, 1.54) is 0 Å². The summed E-state index contributed by atoms with van der Waals surface area (Å²) in [7, 11) is 0. The van der Waals surface area contributed by atoms with Gasteiger partial charge >= 0.3 is 0 Å². The number of nitrogens with zero attached hydrogens (tertiary/aromatic N) is 1. The Hall–Kier alpha value is -3.41. The van der Waals surface area contributed by atoms with E-state index in [1.807, 2.05) is 54.6 Å². The molecule has 1 aliphatic rings. The number of aromatic nitrogens is 1. The van der Waals surface area contributed by atoms with Crippen LogP contribution in [0, 0.1) is 0 Å². The normalized spacial score (nSPS) is 15.8. The van der Waals surface area contributed by atoms with E-state index in [-0.39, 0.29) is 11.6 Å². The quantitative estimate of drug-likeness (QED) is 0.760. The molecule has 1 atom stereocenters. The minimum absolute atomic E-state index is 0.169. The van der Waals surface area contributed by atoms with Gasteiger partial charge in [0, 0.05) is 24.6 Å². The maximum Gasteiger partial charge on any atom is 0.274 e. The SMILES string of the molecule is O=C(NC1Cc2ccccc2NC1=O)c1cc(Cc2ccccc2)on1. The molecule has 0 aliphatic carbocycles. The third-order valence-electron chi connectivity index (χ3n) is 4.33. The number of carbonyl (C=O) groups excluding carboxylic acids is 2. The van der Waals surface area contributed by atoms with Crippen LogP contribution in [0.5, 0.6) is 0 Å². The molecule has 1 unspecified atom stereocenters. The Morgan fingerprint density at radius 3 is 2.77 bits per heavy atom. The van der Waals surface area contributed by atoms with Crippen molar-refractivity contribution in [3.8, 4) is 0 Å². The second kappa shape index (κ2) is 6.84. The van der Waals surface area contributed by atoms with Gasteiger partial charge in [0.25, 0.3) is 5.91 Å². The molecule has 0 saturated heterocycles. The number of benzene rings is 2. The van der Waals surface area contributed by atoms with Gasteiger partial charge in [0.15, 0.2) is 5.69 Å². The molecule has 3 aromatic rings. The average molecular weight is 347 g/mol. The fraction of sp³-hybridized carbons (Fsp3) is 0.150. The molecule has 0 fully saturated rings. The summed E-state index contributed by atoms with van der Waals surface area (Å²) >= 11 is 0. The highest BCUT2D eigenvalue weighted by Crippen LogP contribution is 2.22. The topological polar surface area (TPSA) is 84.2 Å². The molecule has 130 valence electrons. The van der Waals surface area contributed by atoms with Gasteiger partial charge in [0.05, 0.1) is 0 Å². The Morgan fingerprint density at radius 2 is 1.92 bits per heavy atom. The molecule has 26 heavy (non-hydrogen) atoms. The second-order valence-corrected chi connectivity index (χ2v) is 6.22. The lowest BCUT2D eigenvalue weighted by atomic mass is 9.99. The Kier molecular flexibility index (Phi) is 4.23. The number of amides is 2. The van der Waals surface area contributed by atoms with Crippen LogP contribution in [0.3, 0.4) is 0 Å². The van der Waals surface area contributed by atoms with Gasteiger partial charge in [-0.1, -0.05) is 53.7 Å². The van der Waals surface area contributed by atoms with Gasteiger partial charge in [-0.25, -0.2) is 0 Å². The van der Waals surface area contributed by atoms with Crippen molar-refractivity contribution in [3.63, 3.8) is 0 Å². The Labute approximate surface area is 150 Å². The predicted molar refractivity (Wildman–Crippen MR) is 95.8 cm³/mol. The highest BCUT2D eigenvalue weighted by atomic mass is 16.5. The van der Waals surface area contributed by atoms with Crippen LogP contribution in [0.1, 0.15) is 27.4 Å². The zero-order valence-electron chi connectivity index (χ0n) is 13.9. The number of nitrogens with one attached hydrogen (secondary N) is 2. The number of fused-ring (bicyclic) bond motifs is 1. The van der Waals surface area contributed by atoms with E-state index in [0.717, 1.165) is 16.8 Å². The summed E-state index contributed by atoms with van der Waals surface area (Å²) in [6.45, 7) is 0. The predicted octanol–water partition coefficient (Wildman–Crippen LogP) is 2.56. The number of hydrogen-bond donors (Lipinski definition) is 2. The molecule has 6 nitrogen and oxygen atoms in total. The lowest BCUT2D eigenvalue weighted by Crippen LogP contribution is -2.47. The first-order chi connectivity index (χ1) is 12.7. The molecule has 6 heteroatoms. The van der Waals surface area contributed by atoms with E-state index in [9.17, 15) is 9.59 Å². The van der Waals surface area contributed by atoms with Gasteiger partial charge in [0.2, 0.25) is 5.91 Å². The molecule has 0 radical (unpaired) electrons. The zero-order chi connectivity index (χ0) is 17.9. The molecule has 1 aliphatic heterocycles. The molecule has 0 bridgehead atoms. The summed E-state index contributed by atoms with van der Waals surface area (Å²) in [6, 6.07) is 18.3. The van der Waals surface area contributed by atoms with Crippen molar-refractivity contribution in [1.82, 2.24) is 10.5 Å². The van der Waals surface area contributed by atoms with Crippen LogP contribution in [0.4, 0.5) is 5.69 Å². The summed E-state index contributed by atoms with van der Waals surface area (Å²) in [5.74, 6) is -0.0579. The van der Waals surface area contributed by atoms with Gasteiger partial charge < -0.3 is 15.2 Å². The fourth-order valence-electron chi connectivity index (χ4n) is 3.00. The summed E-state index contributed by atoms with van der Waals surface area (Å²) in [5, 5.41) is 9.37. The Bertz CT molecular complexity index is 950. The summed E-state index contributed by atoms with van der Waals surface area (Å²) < 4.78 is 5.25. The average Bonchev–Trinajstić information content (AvgIpc) is 3.12. The Balaban J connectivity index is 1.43. The first kappa shape index (κ1) is 16.1. The van der Waals surface area contributed by atoms with E-state index >= 15 is 0 Å². The third-order valence-corrected chi connectivity index (χ3v) is 4.33.